The van der Waals surface area contributed by atoms with Crippen LogP contribution in [0.3, 0.4) is 0 Å². The van der Waals surface area contributed by atoms with Crippen LogP contribution >= 0.6 is 0 Å². The van der Waals surface area contributed by atoms with E-state index in [0.29, 0.717) is 23.7 Å². The van der Waals surface area contributed by atoms with Crippen molar-refractivity contribution in [1.29, 1.82) is 0 Å². The SMILES string of the molecule is COc1ccc(C(=O)CN2C(C)=CC(O)C=C2C)cc1OCc1ccccc1. The Bertz CT molecular complexity index is 882. The normalized spacial score (nSPS) is 14.4. The summed E-state index contributed by atoms with van der Waals surface area (Å²) in [6.07, 6.45) is 2.84. The van der Waals surface area contributed by atoms with Crippen molar-refractivity contribution in [3.8, 4) is 11.5 Å². The van der Waals surface area contributed by atoms with E-state index in [1.165, 1.54) is 0 Å². The topological polar surface area (TPSA) is 59.0 Å². The molecule has 1 heterocycles. The lowest BCUT2D eigenvalue weighted by Crippen LogP contribution is -2.30. The second-order valence-corrected chi connectivity index (χ2v) is 6.76. The fourth-order valence-corrected chi connectivity index (χ4v) is 3.18. The van der Waals surface area contributed by atoms with Crippen molar-refractivity contribution in [1.82, 2.24) is 4.90 Å². The number of nitrogens with zero attached hydrogens (tertiary/aromatic N) is 1. The Morgan fingerprint density at radius 3 is 2.36 bits per heavy atom. The molecule has 0 bridgehead atoms. The highest BCUT2D eigenvalue weighted by molar-refractivity contribution is 5.98. The summed E-state index contributed by atoms with van der Waals surface area (Å²) in [7, 11) is 1.58. The molecule has 3 rings (SSSR count). The fraction of sp³-hybridized carbons (Fsp3) is 0.261. The molecule has 0 atom stereocenters. The zero-order valence-corrected chi connectivity index (χ0v) is 16.4. The van der Waals surface area contributed by atoms with Gasteiger partial charge in [0, 0.05) is 17.0 Å². The number of aliphatic hydroxyl groups is 1. The Balaban J connectivity index is 1.75. The van der Waals surface area contributed by atoms with Gasteiger partial charge in [0.2, 0.25) is 0 Å². The fourth-order valence-electron chi connectivity index (χ4n) is 3.18. The van der Waals surface area contributed by atoms with Crippen molar-refractivity contribution in [2.24, 2.45) is 0 Å². The molecule has 0 unspecified atom stereocenters. The maximum atomic E-state index is 12.9. The van der Waals surface area contributed by atoms with Crippen LogP contribution in [0.25, 0.3) is 0 Å². The molecule has 1 N–H and O–H groups in total. The smallest absolute Gasteiger partial charge is 0.182 e. The van der Waals surface area contributed by atoms with Gasteiger partial charge in [-0.25, -0.2) is 0 Å². The van der Waals surface area contributed by atoms with E-state index in [4.69, 9.17) is 9.47 Å². The summed E-state index contributed by atoms with van der Waals surface area (Å²) in [5.74, 6) is 1.08. The van der Waals surface area contributed by atoms with Gasteiger partial charge < -0.3 is 19.5 Å². The summed E-state index contributed by atoms with van der Waals surface area (Å²) < 4.78 is 11.3. The summed E-state index contributed by atoms with van der Waals surface area (Å²) in [6, 6.07) is 15.0. The average molecular weight is 379 g/mol. The average Bonchev–Trinajstić information content (AvgIpc) is 2.69. The van der Waals surface area contributed by atoms with Crippen molar-refractivity contribution in [2.75, 3.05) is 13.7 Å². The standard InChI is InChI=1S/C23H25NO4/c1-16-11-20(25)12-17(2)24(16)14-21(26)19-9-10-22(27-3)23(13-19)28-15-18-7-5-4-6-8-18/h4-13,20,25H,14-15H2,1-3H3. The van der Waals surface area contributed by atoms with Crippen LogP contribution < -0.4 is 9.47 Å². The Hall–Kier alpha value is -3.05. The first-order valence-corrected chi connectivity index (χ1v) is 9.18. The van der Waals surface area contributed by atoms with E-state index in [1.54, 1.807) is 37.5 Å². The van der Waals surface area contributed by atoms with Gasteiger partial charge >= 0.3 is 0 Å². The largest absolute Gasteiger partial charge is 0.493 e. The van der Waals surface area contributed by atoms with Crippen LogP contribution in [0, 0.1) is 0 Å². The van der Waals surface area contributed by atoms with Gasteiger partial charge in [-0.05, 0) is 49.8 Å². The summed E-state index contributed by atoms with van der Waals surface area (Å²) >= 11 is 0. The minimum atomic E-state index is -0.606. The molecule has 0 spiro atoms. The van der Waals surface area contributed by atoms with Gasteiger partial charge in [0.25, 0.3) is 0 Å². The molecule has 0 radical (unpaired) electrons. The molecule has 2 aromatic carbocycles. The molecule has 2 aromatic rings. The molecule has 5 heteroatoms. The van der Waals surface area contributed by atoms with Gasteiger partial charge in [-0.1, -0.05) is 30.3 Å². The van der Waals surface area contributed by atoms with E-state index in [-0.39, 0.29) is 12.3 Å². The molecule has 146 valence electrons. The second kappa shape index (κ2) is 8.76. The van der Waals surface area contributed by atoms with Gasteiger partial charge in [-0.15, -0.1) is 0 Å². The van der Waals surface area contributed by atoms with E-state index in [2.05, 4.69) is 0 Å². The van der Waals surface area contributed by atoms with Crippen LogP contribution in [-0.4, -0.2) is 35.5 Å². The number of allylic oxidation sites excluding steroid dienone is 2. The lowest BCUT2D eigenvalue weighted by atomic mass is 10.1. The lowest BCUT2D eigenvalue weighted by molar-refractivity contribution is 0.0958. The number of hydrogen-bond donors (Lipinski definition) is 1. The zero-order chi connectivity index (χ0) is 20.1. The van der Waals surface area contributed by atoms with Gasteiger partial charge in [0.05, 0.1) is 19.8 Å². The Morgan fingerprint density at radius 2 is 1.71 bits per heavy atom. The number of benzene rings is 2. The predicted octanol–water partition coefficient (Wildman–Crippen LogP) is 3.94. The summed E-state index contributed by atoms with van der Waals surface area (Å²) in [6.45, 7) is 4.36. The number of carbonyl (C=O) groups excluding carboxylic acids is 1. The van der Waals surface area contributed by atoms with Crippen LogP contribution in [0.4, 0.5) is 0 Å². The summed E-state index contributed by atoms with van der Waals surface area (Å²) in [5.41, 5.74) is 3.30. The Kier molecular flexibility index (Phi) is 6.16. The highest BCUT2D eigenvalue weighted by atomic mass is 16.5. The van der Waals surface area contributed by atoms with Gasteiger partial charge in [-0.2, -0.15) is 0 Å². The number of ether oxygens (including phenoxy) is 2. The Morgan fingerprint density at radius 1 is 1.04 bits per heavy atom. The lowest BCUT2D eigenvalue weighted by Gasteiger charge is -2.29. The Labute approximate surface area is 165 Å². The van der Waals surface area contributed by atoms with Crippen LogP contribution in [-0.2, 0) is 6.61 Å². The number of carbonyl (C=O) groups is 1. The van der Waals surface area contributed by atoms with E-state index >= 15 is 0 Å². The van der Waals surface area contributed by atoms with E-state index in [0.717, 1.165) is 17.0 Å². The summed E-state index contributed by atoms with van der Waals surface area (Å²) in [5, 5.41) is 9.77. The molecule has 0 saturated carbocycles. The summed E-state index contributed by atoms with van der Waals surface area (Å²) in [4.78, 5) is 14.7. The molecule has 28 heavy (non-hydrogen) atoms. The van der Waals surface area contributed by atoms with E-state index in [1.807, 2.05) is 49.1 Å². The van der Waals surface area contributed by atoms with Gasteiger partial charge in [0.15, 0.2) is 17.3 Å². The van der Waals surface area contributed by atoms with Gasteiger partial charge in [0.1, 0.15) is 6.61 Å². The maximum absolute atomic E-state index is 12.9. The molecule has 0 aromatic heterocycles. The molecule has 1 aliphatic heterocycles. The third-order valence-electron chi connectivity index (χ3n) is 4.70. The number of aliphatic hydroxyl groups excluding tert-OH is 1. The van der Waals surface area contributed by atoms with Crippen molar-refractivity contribution in [3.05, 3.63) is 83.2 Å². The first-order valence-electron chi connectivity index (χ1n) is 9.18. The van der Waals surface area contributed by atoms with Gasteiger partial charge in [-0.3, -0.25) is 4.79 Å². The van der Waals surface area contributed by atoms with Crippen molar-refractivity contribution in [3.63, 3.8) is 0 Å². The molecule has 0 saturated heterocycles. The monoisotopic (exact) mass is 379 g/mol. The third-order valence-corrected chi connectivity index (χ3v) is 4.70. The molecule has 0 fully saturated rings. The van der Waals surface area contributed by atoms with Crippen LogP contribution in [0.1, 0.15) is 29.8 Å². The maximum Gasteiger partial charge on any atom is 0.182 e. The van der Waals surface area contributed by atoms with Crippen LogP contribution in [0.2, 0.25) is 0 Å². The number of ketones is 1. The first kappa shape index (κ1) is 19.7. The molecule has 0 amide bonds. The second-order valence-electron chi connectivity index (χ2n) is 6.76. The van der Waals surface area contributed by atoms with Crippen LogP contribution in [0.15, 0.2) is 72.1 Å². The third kappa shape index (κ3) is 4.61. The molecule has 1 aliphatic rings. The highest BCUT2D eigenvalue weighted by Crippen LogP contribution is 2.29. The van der Waals surface area contributed by atoms with E-state index in [9.17, 15) is 9.90 Å². The number of rotatable bonds is 7. The quantitative estimate of drug-likeness (QED) is 0.739. The zero-order valence-electron chi connectivity index (χ0n) is 16.4. The first-order chi connectivity index (χ1) is 13.5. The number of methoxy groups -OCH3 is 1. The minimum Gasteiger partial charge on any atom is -0.493 e. The van der Waals surface area contributed by atoms with Crippen LogP contribution in [0.5, 0.6) is 11.5 Å². The molecule has 0 aliphatic carbocycles. The van der Waals surface area contributed by atoms with Crippen molar-refractivity contribution >= 4 is 5.78 Å². The van der Waals surface area contributed by atoms with Crippen molar-refractivity contribution in [2.45, 2.75) is 26.6 Å². The highest BCUT2D eigenvalue weighted by Gasteiger charge is 2.20. The molecule has 5 nitrogen and oxygen atoms in total. The molecular formula is C23H25NO4. The number of Topliss-reactive ketones (excluding diaryl/α,β-unsaturated/α-hetero) is 1. The predicted molar refractivity (Wildman–Crippen MR) is 108 cm³/mol. The minimum absolute atomic E-state index is 0.0379. The molecular weight excluding hydrogens is 354 g/mol. The van der Waals surface area contributed by atoms with E-state index < -0.39 is 6.10 Å². The number of hydrogen-bond acceptors (Lipinski definition) is 5. The van der Waals surface area contributed by atoms with Crippen molar-refractivity contribution < 1.29 is 19.4 Å².